The molecule has 0 saturated heterocycles. The number of aliphatic carboxylic acids is 1. The maximum Gasteiger partial charge on any atom is 0.328 e. The lowest BCUT2D eigenvalue weighted by molar-refractivity contribution is -0.131. The third-order valence-electron chi connectivity index (χ3n) is 1.97. The second kappa shape index (κ2) is 4.97. The molecule has 2 rings (SSSR count). The molecule has 0 bridgehead atoms. The van der Waals surface area contributed by atoms with Crippen LogP contribution in [0, 0.1) is 5.82 Å². The van der Waals surface area contributed by atoms with Crippen molar-refractivity contribution in [3.8, 4) is 11.5 Å². The molecule has 2 aromatic rings. The molecule has 0 aliphatic rings. The normalized spacial score (nSPS) is 11.0. The van der Waals surface area contributed by atoms with Crippen molar-refractivity contribution < 1.29 is 18.7 Å². The zero-order valence-electron chi connectivity index (χ0n) is 8.80. The van der Waals surface area contributed by atoms with Crippen LogP contribution < -0.4 is 0 Å². The van der Waals surface area contributed by atoms with Crippen LogP contribution in [0.3, 0.4) is 0 Å². The van der Waals surface area contributed by atoms with Crippen LogP contribution in [0.15, 0.2) is 28.7 Å². The molecule has 0 atom stereocenters. The largest absolute Gasteiger partial charge is 0.478 e. The van der Waals surface area contributed by atoms with E-state index in [2.05, 4.69) is 10.2 Å². The maximum absolute atomic E-state index is 12.9. The van der Waals surface area contributed by atoms with Gasteiger partial charge in [0.05, 0.1) is 10.6 Å². The van der Waals surface area contributed by atoms with E-state index in [1.807, 2.05) is 0 Å². The fourth-order valence-corrected chi connectivity index (χ4v) is 1.46. The Bertz CT molecular complexity index is 625. The number of carboxylic acid groups (broad SMARTS) is 1. The number of aromatic nitrogens is 2. The number of carboxylic acids is 1. The monoisotopic (exact) mass is 268 g/mol. The van der Waals surface area contributed by atoms with Gasteiger partial charge in [-0.3, -0.25) is 0 Å². The first-order valence-corrected chi connectivity index (χ1v) is 5.14. The first kappa shape index (κ1) is 12.3. The zero-order valence-corrected chi connectivity index (χ0v) is 9.56. The van der Waals surface area contributed by atoms with Crippen molar-refractivity contribution in [1.82, 2.24) is 10.2 Å². The van der Waals surface area contributed by atoms with Crippen molar-refractivity contribution >= 4 is 23.6 Å². The summed E-state index contributed by atoms with van der Waals surface area (Å²) in [4.78, 5) is 10.3. The van der Waals surface area contributed by atoms with Crippen LogP contribution in [0.2, 0.25) is 5.02 Å². The lowest BCUT2D eigenvalue weighted by Gasteiger charge is -1.97. The average Bonchev–Trinajstić information content (AvgIpc) is 2.75. The molecule has 1 heterocycles. The first-order valence-electron chi connectivity index (χ1n) is 4.76. The van der Waals surface area contributed by atoms with Crippen LogP contribution in [-0.4, -0.2) is 21.3 Å². The smallest absolute Gasteiger partial charge is 0.328 e. The molecule has 92 valence electrons. The fraction of sp³-hybridized carbons (Fsp3) is 0. The summed E-state index contributed by atoms with van der Waals surface area (Å²) in [5.74, 6) is -1.50. The van der Waals surface area contributed by atoms with Crippen LogP contribution in [0.5, 0.6) is 0 Å². The Morgan fingerprint density at radius 2 is 2.22 bits per heavy atom. The summed E-state index contributed by atoms with van der Waals surface area (Å²) in [6, 6.07) is 3.72. The van der Waals surface area contributed by atoms with E-state index in [0.29, 0.717) is 5.56 Å². The summed E-state index contributed by atoms with van der Waals surface area (Å²) in [5.41, 5.74) is 0.376. The van der Waals surface area contributed by atoms with E-state index in [4.69, 9.17) is 21.1 Å². The SMILES string of the molecule is O=C(O)/C=C/c1nnc(-c2ccc(F)cc2Cl)o1. The minimum absolute atomic E-state index is 0.0211. The maximum atomic E-state index is 12.9. The molecular weight excluding hydrogens is 263 g/mol. The number of hydrogen-bond acceptors (Lipinski definition) is 4. The van der Waals surface area contributed by atoms with Gasteiger partial charge in [0.15, 0.2) is 0 Å². The minimum Gasteiger partial charge on any atom is -0.478 e. The van der Waals surface area contributed by atoms with Gasteiger partial charge in [-0.15, -0.1) is 10.2 Å². The minimum atomic E-state index is -1.13. The van der Waals surface area contributed by atoms with Gasteiger partial charge >= 0.3 is 5.97 Å². The lowest BCUT2D eigenvalue weighted by atomic mass is 10.2. The fourth-order valence-electron chi connectivity index (χ4n) is 1.22. The lowest BCUT2D eigenvalue weighted by Crippen LogP contribution is -1.85. The first-order chi connectivity index (χ1) is 8.56. The highest BCUT2D eigenvalue weighted by Gasteiger charge is 2.11. The number of benzene rings is 1. The Hall–Kier alpha value is -2.21. The number of hydrogen-bond donors (Lipinski definition) is 1. The quantitative estimate of drug-likeness (QED) is 0.866. The average molecular weight is 269 g/mol. The van der Waals surface area contributed by atoms with Gasteiger partial charge in [-0.25, -0.2) is 9.18 Å². The summed E-state index contributed by atoms with van der Waals surface area (Å²) in [7, 11) is 0. The predicted molar refractivity (Wildman–Crippen MR) is 61.4 cm³/mol. The molecule has 0 aliphatic carbocycles. The van der Waals surface area contributed by atoms with Crippen molar-refractivity contribution in [2.24, 2.45) is 0 Å². The third kappa shape index (κ3) is 2.72. The molecule has 0 aliphatic heterocycles. The van der Waals surface area contributed by atoms with Crippen LogP contribution in [0.1, 0.15) is 5.89 Å². The molecule has 0 saturated carbocycles. The number of halogens is 2. The van der Waals surface area contributed by atoms with Crippen molar-refractivity contribution in [3.63, 3.8) is 0 Å². The highest BCUT2D eigenvalue weighted by molar-refractivity contribution is 6.33. The molecule has 0 unspecified atom stereocenters. The van der Waals surface area contributed by atoms with E-state index >= 15 is 0 Å². The van der Waals surface area contributed by atoms with Gasteiger partial charge in [0, 0.05) is 12.2 Å². The van der Waals surface area contributed by atoms with E-state index in [9.17, 15) is 9.18 Å². The Kier molecular flexibility index (Phi) is 3.38. The molecule has 5 nitrogen and oxygen atoms in total. The molecule has 1 aromatic carbocycles. The van der Waals surface area contributed by atoms with E-state index < -0.39 is 11.8 Å². The van der Waals surface area contributed by atoms with Gasteiger partial charge in [-0.2, -0.15) is 0 Å². The molecule has 1 N–H and O–H groups in total. The van der Waals surface area contributed by atoms with Crippen LogP contribution in [0.4, 0.5) is 4.39 Å². The predicted octanol–water partition coefficient (Wildman–Crippen LogP) is 2.63. The molecule has 0 radical (unpaired) electrons. The number of carbonyl (C=O) groups is 1. The van der Waals surface area contributed by atoms with Crippen LogP contribution in [0.25, 0.3) is 17.5 Å². The van der Waals surface area contributed by atoms with Crippen molar-refractivity contribution in [2.75, 3.05) is 0 Å². The van der Waals surface area contributed by atoms with Crippen molar-refractivity contribution in [1.29, 1.82) is 0 Å². The van der Waals surface area contributed by atoms with E-state index in [1.165, 1.54) is 12.1 Å². The summed E-state index contributed by atoms with van der Waals surface area (Å²) in [6.07, 6.45) is 2.01. The Balaban J connectivity index is 2.32. The third-order valence-corrected chi connectivity index (χ3v) is 2.28. The second-order valence-electron chi connectivity index (χ2n) is 3.24. The summed E-state index contributed by atoms with van der Waals surface area (Å²) in [5, 5.41) is 15.9. The zero-order chi connectivity index (χ0) is 13.1. The summed E-state index contributed by atoms with van der Waals surface area (Å²) in [6.45, 7) is 0. The van der Waals surface area contributed by atoms with Gasteiger partial charge in [0.1, 0.15) is 5.82 Å². The topological polar surface area (TPSA) is 76.2 Å². The highest BCUT2D eigenvalue weighted by atomic mass is 35.5. The molecule has 0 amide bonds. The van der Waals surface area contributed by atoms with Crippen molar-refractivity contribution in [3.05, 3.63) is 41.0 Å². The van der Waals surface area contributed by atoms with Crippen LogP contribution in [-0.2, 0) is 4.79 Å². The molecule has 0 spiro atoms. The standard InChI is InChI=1S/C11H6ClFN2O3/c12-8-5-6(13)1-2-7(8)11-15-14-9(18-11)3-4-10(16)17/h1-5H,(H,16,17)/b4-3+. The van der Waals surface area contributed by atoms with Gasteiger partial charge in [-0.1, -0.05) is 11.6 Å². The Labute approximate surface area is 106 Å². The molecule has 1 aromatic heterocycles. The summed E-state index contributed by atoms with van der Waals surface area (Å²) >= 11 is 5.82. The van der Waals surface area contributed by atoms with Crippen LogP contribution >= 0.6 is 11.6 Å². The van der Waals surface area contributed by atoms with Crippen molar-refractivity contribution in [2.45, 2.75) is 0 Å². The van der Waals surface area contributed by atoms with E-state index in [-0.39, 0.29) is 16.8 Å². The summed E-state index contributed by atoms with van der Waals surface area (Å²) < 4.78 is 18.0. The number of rotatable bonds is 3. The molecule has 0 fully saturated rings. The van der Waals surface area contributed by atoms with E-state index in [1.54, 1.807) is 0 Å². The number of nitrogens with zero attached hydrogens (tertiary/aromatic N) is 2. The Morgan fingerprint density at radius 1 is 1.44 bits per heavy atom. The van der Waals surface area contributed by atoms with Gasteiger partial charge < -0.3 is 9.52 Å². The second-order valence-corrected chi connectivity index (χ2v) is 3.65. The molecule has 18 heavy (non-hydrogen) atoms. The molecular formula is C11H6ClFN2O3. The van der Waals surface area contributed by atoms with E-state index in [0.717, 1.165) is 18.2 Å². The van der Waals surface area contributed by atoms with Gasteiger partial charge in [0.2, 0.25) is 11.8 Å². The highest BCUT2D eigenvalue weighted by Crippen LogP contribution is 2.27. The molecule has 7 heteroatoms. The van der Waals surface area contributed by atoms with Gasteiger partial charge in [0.25, 0.3) is 0 Å². The van der Waals surface area contributed by atoms with Gasteiger partial charge in [-0.05, 0) is 18.2 Å². The Morgan fingerprint density at radius 3 is 2.89 bits per heavy atom.